The third-order valence-electron chi connectivity index (χ3n) is 5.12. The second-order valence-corrected chi connectivity index (χ2v) is 7.38. The molecule has 2 aromatic rings. The molecule has 0 bridgehead atoms. The van der Waals surface area contributed by atoms with Crippen molar-refractivity contribution < 1.29 is 14.3 Å². The normalized spacial score (nSPS) is 20.7. The number of halogens is 1. The number of Topliss-reactive ketones (excluding diaryl/α,β-unsaturated/α-hetero) is 1. The monoisotopic (exact) mass is 371 g/mol. The largest absolute Gasteiger partial charge is 0.486 e. The first-order chi connectivity index (χ1) is 12.7. The number of hydrogen-bond acceptors (Lipinski definition) is 4. The predicted octanol–water partition coefficient (Wildman–Crippen LogP) is 4.07. The van der Waals surface area contributed by atoms with E-state index in [1.807, 2.05) is 36.4 Å². The van der Waals surface area contributed by atoms with Gasteiger partial charge in [0.1, 0.15) is 12.7 Å². The number of carbonyl (C=O) groups excluding carboxylic acids is 1. The van der Waals surface area contributed by atoms with Gasteiger partial charge in [0.25, 0.3) is 0 Å². The van der Waals surface area contributed by atoms with Gasteiger partial charge < -0.3 is 9.47 Å². The van der Waals surface area contributed by atoms with E-state index in [0.29, 0.717) is 11.6 Å². The number of hydrogen-bond donors (Lipinski definition) is 0. The van der Waals surface area contributed by atoms with Gasteiger partial charge >= 0.3 is 0 Å². The minimum absolute atomic E-state index is 0.0356. The highest BCUT2D eigenvalue weighted by Crippen LogP contribution is 2.31. The number of likely N-dealkylation sites (tertiary alicyclic amines) is 1. The number of rotatable bonds is 4. The van der Waals surface area contributed by atoms with E-state index in [0.717, 1.165) is 49.5 Å². The van der Waals surface area contributed by atoms with Gasteiger partial charge in [0, 0.05) is 23.0 Å². The fraction of sp³-hybridized carbons (Fsp3) is 0.381. The molecule has 2 aliphatic rings. The second-order valence-electron chi connectivity index (χ2n) is 6.94. The van der Waals surface area contributed by atoms with Gasteiger partial charge in [0.15, 0.2) is 17.3 Å². The molecule has 1 fully saturated rings. The molecule has 5 heteroatoms. The molecule has 0 amide bonds. The van der Waals surface area contributed by atoms with Crippen LogP contribution in [0.15, 0.2) is 48.5 Å². The van der Waals surface area contributed by atoms with Crippen molar-refractivity contribution in [3.05, 3.63) is 59.1 Å². The lowest BCUT2D eigenvalue weighted by molar-refractivity contribution is 0.0462. The number of fused-ring (bicyclic) bond motifs is 1. The number of para-hydroxylation sites is 2. The molecule has 0 saturated carbocycles. The van der Waals surface area contributed by atoms with E-state index in [1.54, 1.807) is 12.1 Å². The van der Waals surface area contributed by atoms with Gasteiger partial charge in [-0.15, -0.1) is 0 Å². The van der Waals surface area contributed by atoms with Crippen LogP contribution in [0.1, 0.15) is 23.2 Å². The van der Waals surface area contributed by atoms with Crippen molar-refractivity contribution in [2.45, 2.75) is 18.9 Å². The Bertz CT molecular complexity index is 769. The molecule has 0 aromatic heterocycles. The van der Waals surface area contributed by atoms with Crippen molar-refractivity contribution in [2.24, 2.45) is 5.92 Å². The van der Waals surface area contributed by atoms with Gasteiger partial charge in [0.2, 0.25) is 0 Å². The van der Waals surface area contributed by atoms with Gasteiger partial charge in [-0.1, -0.05) is 23.7 Å². The van der Waals surface area contributed by atoms with Crippen molar-refractivity contribution in [2.75, 3.05) is 26.2 Å². The maximum Gasteiger partial charge on any atom is 0.166 e. The summed E-state index contributed by atoms with van der Waals surface area (Å²) in [5.41, 5.74) is 0.758. The molecule has 1 saturated heterocycles. The van der Waals surface area contributed by atoms with Gasteiger partial charge in [-0.3, -0.25) is 9.69 Å². The molecule has 2 aromatic carbocycles. The summed E-state index contributed by atoms with van der Waals surface area (Å²) in [6, 6.07) is 15.0. The van der Waals surface area contributed by atoms with Crippen molar-refractivity contribution in [3.63, 3.8) is 0 Å². The summed E-state index contributed by atoms with van der Waals surface area (Å²) in [6.07, 6.45) is 1.80. The fourth-order valence-electron chi connectivity index (χ4n) is 3.67. The zero-order valence-electron chi connectivity index (χ0n) is 14.6. The van der Waals surface area contributed by atoms with Crippen LogP contribution in [0.5, 0.6) is 11.5 Å². The number of ether oxygens (including phenoxy) is 2. The molecular formula is C21H22ClNO3. The van der Waals surface area contributed by atoms with Gasteiger partial charge in [0.05, 0.1) is 0 Å². The van der Waals surface area contributed by atoms with E-state index in [9.17, 15) is 4.79 Å². The highest BCUT2D eigenvalue weighted by molar-refractivity contribution is 6.30. The zero-order valence-corrected chi connectivity index (χ0v) is 15.3. The molecule has 0 radical (unpaired) electrons. The lowest BCUT2D eigenvalue weighted by Crippen LogP contribution is -2.45. The number of piperidine rings is 1. The first-order valence-corrected chi connectivity index (χ1v) is 9.47. The minimum atomic E-state index is 0.0356. The van der Waals surface area contributed by atoms with Crippen LogP contribution >= 0.6 is 11.6 Å². The van der Waals surface area contributed by atoms with Crippen LogP contribution in [-0.4, -0.2) is 43.0 Å². The maximum atomic E-state index is 12.6. The van der Waals surface area contributed by atoms with Crippen LogP contribution in [0, 0.1) is 5.92 Å². The Morgan fingerprint density at radius 3 is 2.46 bits per heavy atom. The van der Waals surface area contributed by atoms with Crippen LogP contribution in [0.4, 0.5) is 0 Å². The first kappa shape index (κ1) is 17.4. The van der Waals surface area contributed by atoms with Gasteiger partial charge in [-0.05, 0) is 62.3 Å². The molecule has 0 aliphatic carbocycles. The van der Waals surface area contributed by atoms with Crippen LogP contribution in [0.3, 0.4) is 0 Å². The topological polar surface area (TPSA) is 38.8 Å². The SMILES string of the molecule is O=C(c1ccc(Cl)cc1)C1CCN(C[C@H]2COc3ccccc3O2)CC1. The number of ketones is 1. The Kier molecular flexibility index (Phi) is 5.14. The molecule has 0 unspecified atom stereocenters. The molecule has 2 heterocycles. The summed E-state index contributed by atoms with van der Waals surface area (Å²) in [6.45, 7) is 3.22. The van der Waals surface area contributed by atoms with Crippen LogP contribution in [0.2, 0.25) is 5.02 Å². The highest BCUT2D eigenvalue weighted by atomic mass is 35.5. The lowest BCUT2D eigenvalue weighted by atomic mass is 9.89. The Morgan fingerprint density at radius 1 is 1.04 bits per heavy atom. The van der Waals surface area contributed by atoms with Crippen molar-refractivity contribution >= 4 is 17.4 Å². The third kappa shape index (κ3) is 3.87. The zero-order chi connectivity index (χ0) is 17.9. The lowest BCUT2D eigenvalue weighted by Gasteiger charge is -2.35. The van der Waals surface area contributed by atoms with E-state index in [2.05, 4.69) is 4.90 Å². The quantitative estimate of drug-likeness (QED) is 0.759. The van der Waals surface area contributed by atoms with Gasteiger partial charge in [-0.25, -0.2) is 0 Å². The molecule has 0 N–H and O–H groups in total. The maximum absolute atomic E-state index is 12.6. The first-order valence-electron chi connectivity index (χ1n) is 9.09. The Balaban J connectivity index is 1.29. The van der Waals surface area contributed by atoms with E-state index in [-0.39, 0.29) is 17.8 Å². The summed E-state index contributed by atoms with van der Waals surface area (Å²) in [5.74, 6) is 1.96. The van der Waals surface area contributed by atoms with E-state index in [1.165, 1.54) is 0 Å². The predicted molar refractivity (Wildman–Crippen MR) is 101 cm³/mol. The molecular weight excluding hydrogens is 350 g/mol. The molecule has 136 valence electrons. The summed E-state index contributed by atoms with van der Waals surface area (Å²) < 4.78 is 11.8. The van der Waals surface area contributed by atoms with E-state index in [4.69, 9.17) is 21.1 Å². The van der Waals surface area contributed by atoms with Crippen molar-refractivity contribution in [1.29, 1.82) is 0 Å². The van der Waals surface area contributed by atoms with E-state index < -0.39 is 0 Å². The Hall–Kier alpha value is -2.04. The average Bonchev–Trinajstić information content (AvgIpc) is 2.68. The van der Waals surface area contributed by atoms with Crippen LogP contribution < -0.4 is 9.47 Å². The van der Waals surface area contributed by atoms with E-state index >= 15 is 0 Å². The summed E-state index contributed by atoms with van der Waals surface area (Å²) in [7, 11) is 0. The summed E-state index contributed by atoms with van der Waals surface area (Å²) >= 11 is 5.91. The number of nitrogens with zero attached hydrogens (tertiary/aromatic N) is 1. The Morgan fingerprint density at radius 2 is 1.73 bits per heavy atom. The molecule has 1 atom stereocenters. The molecule has 26 heavy (non-hydrogen) atoms. The van der Waals surface area contributed by atoms with Crippen molar-refractivity contribution in [3.8, 4) is 11.5 Å². The number of carbonyl (C=O) groups is 1. The van der Waals surface area contributed by atoms with Crippen molar-refractivity contribution in [1.82, 2.24) is 4.90 Å². The smallest absolute Gasteiger partial charge is 0.166 e. The fourth-order valence-corrected chi connectivity index (χ4v) is 3.79. The van der Waals surface area contributed by atoms with Crippen LogP contribution in [-0.2, 0) is 0 Å². The summed E-state index contributed by atoms with van der Waals surface area (Å²) in [5, 5.41) is 0.660. The average molecular weight is 372 g/mol. The second kappa shape index (κ2) is 7.68. The molecule has 2 aliphatic heterocycles. The van der Waals surface area contributed by atoms with Gasteiger partial charge in [-0.2, -0.15) is 0 Å². The number of benzene rings is 2. The molecule has 4 nitrogen and oxygen atoms in total. The minimum Gasteiger partial charge on any atom is -0.486 e. The Labute approximate surface area is 158 Å². The van der Waals surface area contributed by atoms with Crippen LogP contribution in [0.25, 0.3) is 0 Å². The summed E-state index contributed by atoms with van der Waals surface area (Å²) in [4.78, 5) is 15.0. The molecule has 4 rings (SSSR count). The molecule has 0 spiro atoms. The highest BCUT2D eigenvalue weighted by Gasteiger charge is 2.29. The standard InChI is InChI=1S/C21H22ClNO3/c22-17-7-5-15(6-8-17)21(24)16-9-11-23(12-10-16)13-18-14-25-19-3-1-2-4-20(19)26-18/h1-8,16,18H,9-14H2/t18-/m0/s1. The third-order valence-corrected chi connectivity index (χ3v) is 5.37.